The highest BCUT2D eigenvalue weighted by Crippen LogP contribution is 2.45. The quantitative estimate of drug-likeness (QED) is 0.0222. The van der Waals surface area contributed by atoms with Crippen LogP contribution in [0.15, 0.2) is 0 Å². The molecule has 19 heteroatoms. The van der Waals surface area contributed by atoms with Gasteiger partial charge in [-0.25, -0.2) is 9.13 Å². The summed E-state index contributed by atoms with van der Waals surface area (Å²) in [4.78, 5) is 72.7. The Kier molecular flexibility index (Phi) is 67.1. The van der Waals surface area contributed by atoms with E-state index in [1.54, 1.807) is 0 Å². The second-order valence-electron chi connectivity index (χ2n) is 26.7. The summed E-state index contributed by atoms with van der Waals surface area (Å²) >= 11 is 0. The lowest BCUT2D eigenvalue weighted by Crippen LogP contribution is -2.30. The molecule has 3 N–H and O–H groups in total. The molecule has 0 aromatic heterocycles. The maximum atomic E-state index is 13.1. The van der Waals surface area contributed by atoms with Crippen molar-refractivity contribution < 1.29 is 80.2 Å². The highest BCUT2D eigenvalue weighted by atomic mass is 31.2. The summed E-state index contributed by atoms with van der Waals surface area (Å²) in [6, 6.07) is 0. The van der Waals surface area contributed by atoms with E-state index in [-0.39, 0.29) is 25.7 Å². The highest BCUT2D eigenvalue weighted by molar-refractivity contribution is 7.47. The van der Waals surface area contributed by atoms with Crippen LogP contribution < -0.4 is 0 Å². The van der Waals surface area contributed by atoms with Gasteiger partial charge in [0.1, 0.15) is 19.3 Å². The molecule has 0 spiro atoms. The SMILES string of the molecule is CCCCCCCCCCCCCCCCCCCCC(=O)O[C@H](COC(=O)CCCCCCCCCCCCCCCCC)COP(=O)(O)OC[C@@H](O)COP(=O)(O)OC[C@@H](COC(=O)CCCCCCCCCCC)OC(=O)CCCCCCCCCCCCC. The third-order valence-electron chi connectivity index (χ3n) is 17.4. The molecule has 0 aliphatic carbocycles. The Morgan fingerprint density at radius 3 is 0.634 bits per heavy atom. The molecule has 93 heavy (non-hydrogen) atoms. The van der Waals surface area contributed by atoms with E-state index >= 15 is 0 Å². The molecule has 0 fully saturated rings. The number of unbranched alkanes of at least 4 members (excludes halogenated alkanes) is 49. The molecule has 0 aromatic carbocycles. The Labute approximate surface area is 568 Å². The van der Waals surface area contributed by atoms with Crippen LogP contribution in [0, 0.1) is 0 Å². The van der Waals surface area contributed by atoms with Gasteiger partial charge in [0.05, 0.1) is 26.4 Å². The van der Waals surface area contributed by atoms with E-state index in [4.69, 9.17) is 37.0 Å². The van der Waals surface area contributed by atoms with Gasteiger partial charge in [-0.3, -0.25) is 37.3 Å². The molecule has 0 saturated heterocycles. The zero-order valence-corrected chi connectivity index (χ0v) is 62.0. The third kappa shape index (κ3) is 68.4. The van der Waals surface area contributed by atoms with Gasteiger partial charge in [-0.1, -0.05) is 342 Å². The van der Waals surface area contributed by atoms with E-state index in [1.165, 1.54) is 225 Å². The lowest BCUT2D eigenvalue weighted by molar-refractivity contribution is -0.161. The van der Waals surface area contributed by atoms with Crippen LogP contribution >= 0.6 is 15.6 Å². The molecular formula is C74H144O17P2. The summed E-state index contributed by atoms with van der Waals surface area (Å²) in [7, 11) is -9.90. The number of aliphatic hydroxyl groups excluding tert-OH is 1. The van der Waals surface area contributed by atoms with Gasteiger partial charge in [0.15, 0.2) is 12.2 Å². The van der Waals surface area contributed by atoms with Gasteiger partial charge in [-0.15, -0.1) is 0 Å². The molecule has 0 aliphatic rings. The summed E-state index contributed by atoms with van der Waals surface area (Å²) in [5, 5.41) is 10.6. The zero-order chi connectivity index (χ0) is 68.2. The molecule has 0 bridgehead atoms. The van der Waals surface area contributed by atoms with Crippen LogP contribution in [0.3, 0.4) is 0 Å². The zero-order valence-electron chi connectivity index (χ0n) is 60.2. The Morgan fingerprint density at radius 1 is 0.258 bits per heavy atom. The number of carbonyl (C=O) groups is 4. The van der Waals surface area contributed by atoms with Crippen molar-refractivity contribution in [1.29, 1.82) is 0 Å². The molecule has 2 unspecified atom stereocenters. The van der Waals surface area contributed by atoms with Crippen molar-refractivity contribution in [1.82, 2.24) is 0 Å². The molecule has 17 nitrogen and oxygen atoms in total. The Balaban J connectivity index is 5.21. The number of aliphatic hydroxyl groups is 1. The van der Waals surface area contributed by atoms with Crippen LogP contribution in [-0.4, -0.2) is 96.7 Å². The summed E-state index contributed by atoms with van der Waals surface area (Å²) < 4.78 is 68.4. The van der Waals surface area contributed by atoms with Crippen molar-refractivity contribution in [3.05, 3.63) is 0 Å². The van der Waals surface area contributed by atoms with Crippen molar-refractivity contribution in [3.63, 3.8) is 0 Å². The lowest BCUT2D eigenvalue weighted by Gasteiger charge is -2.21. The molecule has 0 heterocycles. The van der Waals surface area contributed by atoms with Gasteiger partial charge in [0, 0.05) is 25.7 Å². The van der Waals surface area contributed by atoms with Crippen LogP contribution in [-0.2, 0) is 65.4 Å². The maximum absolute atomic E-state index is 13.1. The molecule has 0 amide bonds. The molecule has 0 aliphatic heterocycles. The first-order valence-corrected chi connectivity index (χ1v) is 41.8. The normalized spacial score (nSPS) is 13.9. The lowest BCUT2D eigenvalue weighted by atomic mass is 10.0. The first-order chi connectivity index (χ1) is 45.2. The van der Waals surface area contributed by atoms with E-state index in [0.29, 0.717) is 25.7 Å². The van der Waals surface area contributed by atoms with E-state index < -0.39 is 97.5 Å². The number of carbonyl (C=O) groups excluding carboxylic acids is 4. The molecule has 0 radical (unpaired) electrons. The summed E-state index contributed by atoms with van der Waals surface area (Å²) in [6.45, 7) is 4.96. The van der Waals surface area contributed by atoms with Crippen LogP contribution in [0.5, 0.6) is 0 Å². The predicted octanol–water partition coefficient (Wildman–Crippen LogP) is 21.8. The van der Waals surface area contributed by atoms with Gasteiger partial charge in [0.2, 0.25) is 0 Å². The van der Waals surface area contributed by atoms with Crippen LogP contribution in [0.2, 0.25) is 0 Å². The average Bonchev–Trinajstić information content (AvgIpc) is 3.04. The van der Waals surface area contributed by atoms with Gasteiger partial charge in [0.25, 0.3) is 0 Å². The highest BCUT2D eigenvalue weighted by Gasteiger charge is 2.30. The molecule has 0 rings (SSSR count). The van der Waals surface area contributed by atoms with Crippen LogP contribution in [0.1, 0.15) is 394 Å². The fourth-order valence-corrected chi connectivity index (χ4v) is 13.0. The van der Waals surface area contributed by atoms with Crippen molar-refractivity contribution in [2.75, 3.05) is 39.6 Å². The molecular weight excluding hydrogens is 1220 g/mol. The van der Waals surface area contributed by atoms with Crippen molar-refractivity contribution >= 4 is 39.5 Å². The minimum atomic E-state index is -4.95. The van der Waals surface area contributed by atoms with Gasteiger partial charge >= 0.3 is 39.5 Å². The topological polar surface area (TPSA) is 237 Å². The summed E-state index contributed by atoms with van der Waals surface area (Å²) in [5.74, 6) is -2.11. The smallest absolute Gasteiger partial charge is 0.462 e. The van der Waals surface area contributed by atoms with Crippen molar-refractivity contribution in [2.45, 2.75) is 412 Å². The van der Waals surface area contributed by atoms with Crippen molar-refractivity contribution in [2.24, 2.45) is 0 Å². The Bertz CT molecular complexity index is 1770. The Morgan fingerprint density at radius 2 is 0.430 bits per heavy atom. The van der Waals surface area contributed by atoms with E-state index in [9.17, 15) is 43.2 Å². The summed E-state index contributed by atoms with van der Waals surface area (Å²) in [6.07, 6.45) is 58.2. The largest absolute Gasteiger partial charge is 0.472 e. The van der Waals surface area contributed by atoms with Gasteiger partial charge in [-0.05, 0) is 25.7 Å². The molecule has 0 aromatic rings. The third-order valence-corrected chi connectivity index (χ3v) is 19.3. The molecule has 0 saturated carbocycles. The number of ether oxygens (including phenoxy) is 4. The monoisotopic (exact) mass is 1370 g/mol. The fourth-order valence-electron chi connectivity index (χ4n) is 11.4. The first kappa shape index (κ1) is 91.1. The average molecular weight is 1370 g/mol. The standard InChI is InChI=1S/C74H144O17P2/c1-5-9-13-17-21-25-28-30-32-33-34-36-38-41-45-49-53-57-61-74(79)91-70(65-85-72(77)59-55-51-47-43-40-37-35-31-29-26-22-18-14-10-6-2)67-89-93(82,83)87-63-68(75)62-86-92(80,81)88-66-69(64-84-71(76)58-54-50-46-42-24-20-16-12-8-4)90-73(78)60-56-52-48-44-39-27-23-19-15-11-7-3/h68-70,75H,5-67H2,1-4H3,(H,80,81)(H,82,83)/t68-,69+,70+/m0/s1. The van der Waals surface area contributed by atoms with Gasteiger partial charge < -0.3 is 33.8 Å². The number of phosphoric acid groups is 2. The maximum Gasteiger partial charge on any atom is 0.472 e. The predicted molar refractivity (Wildman–Crippen MR) is 377 cm³/mol. The number of esters is 4. The Hall–Kier alpha value is -1.94. The number of rotatable bonds is 75. The van der Waals surface area contributed by atoms with E-state index in [1.807, 2.05) is 0 Å². The fraction of sp³-hybridized carbons (Fsp3) is 0.946. The second-order valence-corrected chi connectivity index (χ2v) is 29.6. The van der Waals surface area contributed by atoms with E-state index in [2.05, 4.69) is 27.7 Å². The van der Waals surface area contributed by atoms with Gasteiger partial charge in [-0.2, -0.15) is 0 Å². The number of phosphoric ester groups is 2. The molecule has 5 atom stereocenters. The first-order valence-electron chi connectivity index (χ1n) is 38.8. The minimum Gasteiger partial charge on any atom is -0.462 e. The summed E-state index contributed by atoms with van der Waals surface area (Å²) in [5.41, 5.74) is 0. The minimum absolute atomic E-state index is 0.107. The molecule has 552 valence electrons. The number of hydrogen-bond acceptors (Lipinski definition) is 15. The van der Waals surface area contributed by atoms with Crippen LogP contribution in [0.25, 0.3) is 0 Å². The second kappa shape index (κ2) is 68.6. The van der Waals surface area contributed by atoms with E-state index in [0.717, 1.165) is 89.9 Å². The van der Waals surface area contributed by atoms with Crippen molar-refractivity contribution in [3.8, 4) is 0 Å². The number of hydrogen-bond donors (Lipinski definition) is 3. The van der Waals surface area contributed by atoms with Crippen LogP contribution in [0.4, 0.5) is 0 Å².